The van der Waals surface area contributed by atoms with Gasteiger partial charge < -0.3 is 19.5 Å². The van der Waals surface area contributed by atoms with Crippen LogP contribution in [0.15, 0.2) is 36.4 Å². The Kier molecular flexibility index (Phi) is 6.35. The molecule has 0 aromatic heterocycles. The molecule has 144 valence electrons. The van der Waals surface area contributed by atoms with E-state index < -0.39 is 0 Å². The van der Waals surface area contributed by atoms with Gasteiger partial charge in [-0.3, -0.25) is 4.79 Å². The van der Waals surface area contributed by atoms with Gasteiger partial charge >= 0.3 is 0 Å². The molecule has 5 nitrogen and oxygen atoms in total. The van der Waals surface area contributed by atoms with Crippen LogP contribution in [-0.2, 0) is 11.3 Å². The summed E-state index contributed by atoms with van der Waals surface area (Å²) in [6.07, 6.45) is 2.28. The summed E-state index contributed by atoms with van der Waals surface area (Å²) >= 11 is 0. The standard InChI is InChI=1S/C22H27NO4/c1-15-6-4-8-19(16(15)2)22(24)23-13-17-9-10-20(21(12-17)25-3)27-14-18-7-5-11-26-18/h4,6,8-10,12,18H,5,7,11,13-14H2,1-3H3,(H,23,24). The molecule has 0 aliphatic carbocycles. The summed E-state index contributed by atoms with van der Waals surface area (Å²) in [6.45, 7) is 5.73. The van der Waals surface area contributed by atoms with Crippen molar-refractivity contribution in [3.8, 4) is 11.5 Å². The van der Waals surface area contributed by atoms with Gasteiger partial charge in [0.1, 0.15) is 6.61 Å². The Balaban J connectivity index is 1.61. The summed E-state index contributed by atoms with van der Waals surface area (Å²) in [5.74, 6) is 1.28. The molecular formula is C22H27NO4. The first-order valence-corrected chi connectivity index (χ1v) is 9.34. The van der Waals surface area contributed by atoms with Crippen molar-refractivity contribution in [3.05, 3.63) is 58.7 Å². The Morgan fingerprint density at radius 1 is 1.22 bits per heavy atom. The van der Waals surface area contributed by atoms with Gasteiger partial charge in [-0.25, -0.2) is 0 Å². The molecule has 1 N–H and O–H groups in total. The van der Waals surface area contributed by atoms with E-state index in [4.69, 9.17) is 14.2 Å². The number of aryl methyl sites for hydroxylation is 1. The molecule has 1 amide bonds. The summed E-state index contributed by atoms with van der Waals surface area (Å²) in [6, 6.07) is 11.5. The van der Waals surface area contributed by atoms with Crippen molar-refractivity contribution in [3.63, 3.8) is 0 Å². The molecule has 1 saturated heterocycles. The fraction of sp³-hybridized carbons (Fsp3) is 0.409. The van der Waals surface area contributed by atoms with Crippen molar-refractivity contribution >= 4 is 5.91 Å². The maximum atomic E-state index is 12.5. The summed E-state index contributed by atoms with van der Waals surface area (Å²) in [5.41, 5.74) is 3.77. The number of rotatable bonds is 7. The van der Waals surface area contributed by atoms with E-state index in [2.05, 4.69) is 5.32 Å². The van der Waals surface area contributed by atoms with Crippen molar-refractivity contribution in [2.75, 3.05) is 20.3 Å². The van der Waals surface area contributed by atoms with Gasteiger partial charge in [0, 0.05) is 18.7 Å². The van der Waals surface area contributed by atoms with Crippen molar-refractivity contribution in [2.24, 2.45) is 0 Å². The van der Waals surface area contributed by atoms with Crippen LogP contribution in [0.5, 0.6) is 11.5 Å². The first kappa shape index (κ1) is 19.2. The second kappa shape index (κ2) is 8.91. The third kappa shape index (κ3) is 4.80. The van der Waals surface area contributed by atoms with E-state index in [1.807, 2.05) is 50.2 Å². The Morgan fingerprint density at radius 2 is 2.07 bits per heavy atom. The Labute approximate surface area is 160 Å². The molecule has 1 aliphatic heterocycles. The highest BCUT2D eigenvalue weighted by Gasteiger charge is 2.17. The van der Waals surface area contributed by atoms with Gasteiger partial charge in [-0.05, 0) is 61.6 Å². The Morgan fingerprint density at radius 3 is 2.81 bits per heavy atom. The van der Waals surface area contributed by atoms with E-state index in [1.165, 1.54) is 0 Å². The number of methoxy groups -OCH3 is 1. The SMILES string of the molecule is COc1cc(CNC(=O)c2cccc(C)c2C)ccc1OCC1CCCO1. The van der Waals surface area contributed by atoms with E-state index >= 15 is 0 Å². The minimum atomic E-state index is -0.0751. The summed E-state index contributed by atoms with van der Waals surface area (Å²) < 4.78 is 16.9. The fourth-order valence-corrected chi connectivity index (χ4v) is 3.17. The normalized spacial score (nSPS) is 16.2. The number of carbonyl (C=O) groups is 1. The molecule has 1 aliphatic rings. The topological polar surface area (TPSA) is 56.8 Å². The monoisotopic (exact) mass is 369 g/mol. The molecule has 0 saturated carbocycles. The lowest BCUT2D eigenvalue weighted by molar-refractivity contribution is 0.0669. The molecule has 1 atom stereocenters. The summed E-state index contributed by atoms with van der Waals surface area (Å²) in [4.78, 5) is 12.5. The highest BCUT2D eigenvalue weighted by Crippen LogP contribution is 2.29. The average Bonchev–Trinajstić information content (AvgIpc) is 3.20. The molecule has 2 aromatic rings. The van der Waals surface area contributed by atoms with Crippen LogP contribution < -0.4 is 14.8 Å². The third-order valence-corrected chi connectivity index (χ3v) is 4.98. The van der Waals surface area contributed by atoms with Gasteiger partial charge in [0.05, 0.1) is 13.2 Å². The lowest BCUT2D eigenvalue weighted by atomic mass is 10.0. The zero-order valence-electron chi connectivity index (χ0n) is 16.2. The lowest BCUT2D eigenvalue weighted by Gasteiger charge is -2.15. The van der Waals surface area contributed by atoms with Crippen molar-refractivity contribution in [1.82, 2.24) is 5.32 Å². The molecule has 3 rings (SSSR count). The van der Waals surface area contributed by atoms with Gasteiger partial charge in [-0.2, -0.15) is 0 Å². The lowest BCUT2D eigenvalue weighted by Crippen LogP contribution is -2.23. The summed E-state index contributed by atoms with van der Waals surface area (Å²) in [5, 5.41) is 2.98. The molecular weight excluding hydrogens is 342 g/mol. The van der Waals surface area contributed by atoms with Crippen LogP contribution in [-0.4, -0.2) is 32.3 Å². The van der Waals surface area contributed by atoms with Crippen molar-refractivity contribution in [1.29, 1.82) is 0 Å². The third-order valence-electron chi connectivity index (χ3n) is 4.98. The first-order valence-electron chi connectivity index (χ1n) is 9.34. The average molecular weight is 369 g/mol. The van der Waals surface area contributed by atoms with Crippen LogP contribution >= 0.6 is 0 Å². The minimum Gasteiger partial charge on any atom is -0.493 e. The van der Waals surface area contributed by atoms with Gasteiger partial charge in [0.25, 0.3) is 5.91 Å². The largest absolute Gasteiger partial charge is 0.493 e. The van der Waals surface area contributed by atoms with Crippen molar-refractivity contribution in [2.45, 2.75) is 39.3 Å². The molecule has 0 radical (unpaired) electrons. The maximum Gasteiger partial charge on any atom is 0.251 e. The molecule has 2 aromatic carbocycles. The van der Waals surface area contributed by atoms with Crippen LogP contribution in [0.25, 0.3) is 0 Å². The number of hydrogen-bond donors (Lipinski definition) is 1. The molecule has 1 fully saturated rings. The molecule has 1 heterocycles. The highest BCUT2D eigenvalue weighted by atomic mass is 16.5. The van der Waals surface area contributed by atoms with Gasteiger partial charge in [-0.1, -0.05) is 18.2 Å². The van der Waals surface area contributed by atoms with Crippen molar-refractivity contribution < 1.29 is 19.0 Å². The van der Waals surface area contributed by atoms with E-state index in [-0.39, 0.29) is 12.0 Å². The zero-order valence-corrected chi connectivity index (χ0v) is 16.2. The first-order chi connectivity index (χ1) is 13.1. The molecule has 27 heavy (non-hydrogen) atoms. The molecule has 0 bridgehead atoms. The number of hydrogen-bond acceptors (Lipinski definition) is 4. The quantitative estimate of drug-likeness (QED) is 0.807. The number of amides is 1. The second-order valence-electron chi connectivity index (χ2n) is 6.86. The highest BCUT2D eigenvalue weighted by molar-refractivity contribution is 5.95. The summed E-state index contributed by atoms with van der Waals surface area (Å²) in [7, 11) is 1.62. The van der Waals surface area contributed by atoms with Crippen LogP contribution in [0.3, 0.4) is 0 Å². The van der Waals surface area contributed by atoms with E-state index in [0.29, 0.717) is 30.2 Å². The van der Waals surface area contributed by atoms with Crippen LogP contribution in [0.1, 0.15) is 39.9 Å². The smallest absolute Gasteiger partial charge is 0.251 e. The van der Waals surface area contributed by atoms with Crippen LogP contribution in [0.2, 0.25) is 0 Å². The Hall–Kier alpha value is -2.53. The van der Waals surface area contributed by atoms with Crippen LogP contribution in [0.4, 0.5) is 0 Å². The minimum absolute atomic E-state index is 0.0751. The predicted molar refractivity (Wildman–Crippen MR) is 105 cm³/mol. The predicted octanol–water partition coefficient (Wildman–Crippen LogP) is 3.80. The van der Waals surface area contributed by atoms with E-state index in [1.54, 1.807) is 7.11 Å². The van der Waals surface area contributed by atoms with Gasteiger partial charge in [0.2, 0.25) is 0 Å². The second-order valence-corrected chi connectivity index (χ2v) is 6.86. The maximum absolute atomic E-state index is 12.5. The van der Waals surface area contributed by atoms with Gasteiger partial charge in [0.15, 0.2) is 11.5 Å². The fourth-order valence-electron chi connectivity index (χ4n) is 3.17. The number of ether oxygens (including phenoxy) is 3. The number of nitrogens with one attached hydrogen (secondary N) is 1. The van der Waals surface area contributed by atoms with E-state index in [9.17, 15) is 4.79 Å². The van der Waals surface area contributed by atoms with E-state index in [0.717, 1.165) is 36.1 Å². The molecule has 1 unspecified atom stereocenters. The van der Waals surface area contributed by atoms with Crippen LogP contribution in [0, 0.1) is 13.8 Å². The number of carbonyl (C=O) groups excluding carboxylic acids is 1. The molecule has 0 spiro atoms. The molecule has 5 heteroatoms. The van der Waals surface area contributed by atoms with Gasteiger partial charge in [-0.15, -0.1) is 0 Å². The number of benzene rings is 2. The Bertz CT molecular complexity index is 797. The zero-order chi connectivity index (χ0) is 19.2.